The van der Waals surface area contributed by atoms with Crippen LogP contribution in [0.4, 0.5) is 18.9 Å². The number of hydrogen-bond acceptors (Lipinski definition) is 5. The molecular formula is C23H27F3N4O3. The van der Waals surface area contributed by atoms with Gasteiger partial charge in [0, 0.05) is 12.5 Å². The number of halogens is 3. The molecular weight excluding hydrogens is 437 g/mol. The first-order chi connectivity index (χ1) is 15.4. The molecule has 178 valence electrons. The number of carbonyl (C=O) groups is 2. The fraction of sp³-hybridized carbons (Fsp3) is 0.522. The number of amides is 1. The topological polar surface area (TPSA) is 110 Å². The fourth-order valence-electron chi connectivity index (χ4n) is 4.84. The number of nitrogens with two attached hydrogens (primary N) is 1. The van der Waals surface area contributed by atoms with Crippen LogP contribution in [0, 0.1) is 5.41 Å². The predicted molar refractivity (Wildman–Crippen MR) is 115 cm³/mol. The summed E-state index contributed by atoms with van der Waals surface area (Å²) in [6.45, 7) is 3.65. The zero-order valence-corrected chi connectivity index (χ0v) is 18.5. The Labute approximate surface area is 189 Å². The van der Waals surface area contributed by atoms with E-state index in [1.807, 2.05) is 13.8 Å². The molecule has 1 heterocycles. The van der Waals surface area contributed by atoms with Crippen molar-refractivity contribution in [2.75, 3.05) is 5.32 Å². The molecule has 4 N–H and O–H groups in total. The van der Waals surface area contributed by atoms with Gasteiger partial charge < -0.3 is 16.2 Å². The minimum absolute atomic E-state index is 0.00833. The molecule has 0 unspecified atom stereocenters. The average Bonchev–Trinajstić information content (AvgIpc) is 3.08. The summed E-state index contributed by atoms with van der Waals surface area (Å²) < 4.78 is 42.7. The summed E-state index contributed by atoms with van der Waals surface area (Å²) in [7, 11) is 0. The second kappa shape index (κ2) is 8.16. The first kappa shape index (κ1) is 23.3. The van der Waals surface area contributed by atoms with E-state index in [0.29, 0.717) is 25.7 Å². The molecule has 2 aliphatic carbocycles. The number of ketones is 1. The van der Waals surface area contributed by atoms with Crippen LogP contribution in [0.25, 0.3) is 5.69 Å². The Morgan fingerprint density at radius 3 is 2.48 bits per heavy atom. The lowest BCUT2D eigenvalue weighted by molar-refractivity contribution is -0.141. The van der Waals surface area contributed by atoms with E-state index in [1.54, 1.807) is 6.07 Å². The molecule has 2 aliphatic rings. The van der Waals surface area contributed by atoms with Gasteiger partial charge in [-0.05, 0) is 49.7 Å². The molecule has 0 radical (unpaired) electrons. The van der Waals surface area contributed by atoms with Crippen molar-refractivity contribution in [1.29, 1.82) is 0 Å². The fourth-order valence-corrected chi connectivity index (χ4v) is 4.84. The van der Waals surface area contributed by atoms with Gasteiger partial charge in [0.1, 0.15) is 0 Å². The number of nitrogens with one attached hydrogen (secondary N) is 1. The second-order valence-corrected chi connectivity index (χ2v) is 9.73. The molecule has 0 bridgehead atoms. The maximum absolute atomic E-state index is 13.8. The normalized spacial score (nSPS) is 22.7. The van der Waals surface area contributed by atoms with E-state index >= 15 is 0 Å². The summed E-state index contributed by atoms with van der Waals surface area (Å²) >= 11 is 0. The highest BCUT2D eigenvalue weighted by atomic mass is 19.4. The number of carbonyl (C=O) groups excluding carboxylic acids is 2. The van der Waals surface area contributed by atoms with Crippen LogP contribution in [0.2, 0.25) is 0 Å². The number of para-hydroxylation sites is 1. The van der Waals surface area contributed by atoms with Gasteiger partial charge in [-0.2, -0.15) is 18.3 Å². The molecule has 4 rings (SSSR count). The van der Waals surface area contributed by atoms with E-state index in [2.05, 4.69) is 10.4 Å². The van der Waals surface area contributed by atoms with Crippen molar-refractivity contribution in [1.82, 2.24) is 9.78 Å². The van der Waals surface area contributed by atoms with Gasteiger partial charge in [-0.25, -0.2) is 4.68 Å². The number of anilines is 1. The van der Waals surface area contributed by atoms with Gasteiger partial charge in [-0.3, -0.25) is 9.59 Å². The van der Waals surface area contributed by atoms with Crippen LogP contribution in [0.1, 0.15) is 78.1 Å². The third-order valence-electron chi connectivity index (χ3n) is 6.39. The highest BCUT2D eigenvalue weighted by Gasteiger charge is 2.45. The van der Waals surface area contributed by atoms with Crippen LogP contribution in [-0.4, -0.2) is 38.7 Å². The molecule has 0 spiro atoms. The number of aliphatic hydroxyl groups is 1. The Morgan fingerprint density at radius 2 is 1.88 bits per heavy atom. The smallest absolute Gasteiger partial charge is 0.393 e. The van der Waals surface area contributed by atoms with Crippen LogP contribution >= 0.6 is 0 Å². The van der Waals surface area contributed by atoms with Crippen LogP contribution < -0.4 is 11.1 Å². The van der Waals surface area contributed by atoms with Crippen molar-refractivity contribution in [2.45, 2.75) is 70.7 Å². The molecule has 1 saturated carbocycles. The predicted octanol–water partition coefficient (Wildman–Crippen LogP) is 3.86. The molecule has 7 nitrogen and oxygen atoms in total. The number of nitrogens with zero attached hydrogens (tertiary/aromatic N) is 2. The molecule has 1 aromatic heterocycles. The molecule has 1 fully saturated rings. The highest BCUT2D eigenvalue weighted by Crippen LogP contribution is 2.43. The van der Waals surface area contributed by atoms with Crippen LogP contribution in [0.5, 0.6) is 0 Å². The monoisotopic (exact) mass is 464 g/mol. The van der Waals surface area contributed by atoms with Gasteiger partial charge in [-0.1, -0.05) is 19.9 Å². The van der Waals surface area contributed by atoms with E-state index in [0.717, 1.165) is 4.68 Å². The van der Waals surface area contributed by atoms with E-state index < -0.39 is 40.6 Å². The zero-order valence-electron chi connectivity index (χ0n) is 18.5. The zero-order chi connectivity index (χ0) is 24.1. The lowest BCUT2D eigenvalue weighted by atomic mass is 9.75. The third kappa shape index (κ3) is 4.48. The van der Waals surface area contributed by atoms with Crippen molar-refractivity contribution < 1.29 is 27.9 Å². The second-order valence-electron chi connectivity index (χ2n) is 9.73. The van der Waals surface area contributed by atoms with Crippen molar-refractivity contribution >= 4 is 17.4 Å². The Morgan fingerprint density at radius 1 is 1.21 bits per heavy atom. The van der Waals surface area contributed by atoms with Gasteiger partial charge in [0.15, 0.2) is 11.5 Å². The third-order valence-corrected chi connectivity index (χ3v) is 6.39. The van der Waals surface area contributed by atoms with Gasteiger partial charge in [0.2, 0.25) is 0 Å². The van der Waals surface area contributed by atoms with E-state index in [1.165, 1.54) is 12.1 Å². The SMILES string of the molecule is CC1(C)CC(=O)c2c(C(F)(F)F)nn(-c3cccc(C(N)=O)c3NC3CCC(O)CC3)c2C1. The van der Waals surface area contributed by atoms with Crippen molar-refractivity contribution in [3.8, 4) is 5.69 Å². The van der Waals surface area contributed by atoms with Crippen molar-refractivity contribution in [3.63, 3.8) is 0 Å². The van der Waals surface area contributed by atoms with E-state index in [-0.39, 0.29) is 41.5 Å². The standard InChI is InChI=1S/C23H27F3N4O3/c1-22(2)10-16-18(17(32)11-22)20(23(24,25)26)29-30(16)15-5-3-4-14(21(27)33)19(15)28-12-6-8-13(31)9-7-12/h3-5,12-13,28,31H,6-11H2,1-2H3,(H2,27,33). The van der Waals surface area contributed by atoms with Crippen LogP contribution in [0.15, 0.2) is 18.2 Å². The Kier molecular flexibility index (Phi) is 5.76. The number of benzene rings is 1. The summed E-state index contributed by atoms with van der Waals surface area (Å²) in [6, 6.07) is 4.50. The maximum atomic E-state index is 13.8. The lowest BCUT2D eigenvalue weighted by Crippen LogP contribution is -2.31. The lowest BCUT2D eigenvalue weighted by Gasteiger charge is -2.31. The number of aliphatic hydroxyl groups excluding tert-OH is 1. The van der Waals surface area contributed by atoms with Gasteiger partial charge >= 0.3 is 6.18 Å². The summed E-state index contributed by atoms with van der Waals surface area (Å²) in [5.74, 6) is -1.33. The maximum Gasteiger partial charge on any atom is 0.435 e. The average molecular weight is 464 g/mol. The Balaban J connectivity index is 1.90. The highest BCUT2D eigenvalue weighted by molar-refractivity contribution is 6.02. The quantitative estimate of drug-likeness (QED) is 0.637. The molecule has 10 heteroatoms. The molecule has 0 aliphatic heterocycles. The van der Waals surface area contributed by atoms with Gasteiger partial charge in [0.25, 0.3) is 5.91 Å². The number of rotatable bonds is 4. The molecule has 0 saturated heterocycles. The summed E-state index contributed by atoms with van der Waals surface area (Å²) in [6.07, 6.45) is -2.59. The molecule has 2 aromatic rings. The Bertz CT molecular complexity index is 1100. The Hall–Kier alpha value is -2.88. The van der Waals surface area contributed by atoms with E-state index in [9.17, 15) is 27.9 Å². The molecule has 1 amide bonds. The van der Waals surface area contributed by atoms with Crippen molar-refractivity contribution in [3.05, 3.63) is 40.7 Å². The summed E-state index contributed by atoms with van der Waals surface area (Å²) in [5.41, 5.74) is 4.23. The van der Waals surface area contributed by atoms with Crippen LogP contribution in [-0.2, 0) is 12.6 Å². The first-order valence-electron chi connectivity index (χ1n) is 11.0. The van der Waals surface area contributed by atoms with Gasteiger partial charge in [0.05, 0.1) is 34.3 Å². The number of hydrogen-bond donors (Lipinski definition) is 3. The molecule has 1 aromatic carbocycles. The number of fused-ring (bicyclic) bond motifs is 1. The summed E-state index contributed by atoms with van der Waals surface area (Å²) in [4.78, 5) is 24.9. The minimum atomic E-state index is -4.80. The number of aromatic nitrogens is 2. The van der Waals surface area contributed by atoms with Crippen LogP contribution in [0.3, 0.4) is 0 Å². The molecule has 0 atom stereocenters. The largest absolute Gasteiger partial charge is 0.435 e. The molecule has 33 heavy (non-hydrogen) atoms. The minimum Gasteiger partial charge on any atom is -0.393 e. The number of alkyl halides is 3. The number of primary amides is 1. The number of Topliss-reactive ketones (excluding diaryl/α,β-unsaturated/α-hetero) is 1. The van der Waals surface area contributed by atoms with Gasteiger partial charge in [-0.15, -0.1) is 0 Å². The van der Waals surface area contributed by atoms with Crippen molar-refractivity contribution in [2.24, 2.45) is 11.1 Å². The van der Waals surface area contributed by atoms with E-state index in [4.69, 9.17) is 5.73 Å². The summed E-state index contributed by atoms with van der Waals surface area (Å²) in [5, 5.41) is 16.9. The first-order valence-corrected chi connectivity index (χ1v) is 11.0.